The highest BCUT2D eigenvalue weighted by molar-refractivity contribution is 6.31. The Hall–Kier alpha value is -2.80. The Morgan fingerprint density at radius 2 is 1.96 bits per heavy atom. The van der Waals surface area contributed by atoms with Gasteiger partial charge in [0.05, 0.1) is 5.02 Å². The second-order valence-corrected chi connectivity index (χ2v) is 6.04. The molecule has 0 bridgehead atoms. The third kappa shape index (κ3) is 4.05. The highest BCUT2D eigenvalue weighted by Gasteiger charge is 2.19. The van der Waals surface area contributed by atoms with Gasteiger partial charge in [0.1, 0.15) is 5.82 Å². The molecule has 2 amide bonds. The smallest absolute Gasteiger partial charge is 0.231 e. The van der Waals surface area contributed by atoms with Crippen molar-refractivity contribution in [2.45, 2.75) is 13.3 Å². The summed E-state index contributed by atoms with van der Waals surface area (Å²) in [6.45, 7) is 1.74. The molecule has 6 nitrogen and oxygen atoms in total. The molecule has 26 heavy (non-hydrogen) atoms. The van der Waals surface area contributed by atoms with Crippen molar-refractivity contribution in [3.8, 4) is 11.5 Å². The molecule has 8 heteroatoms. The van der Waals surface area contributed by atoms with E-state index in [9.17, 15) is 14.0 Å². The minimum absolute atomic E-state index is 0.0585. The lowest BCUT2D eigenvalue weighted by Gasteiger charge is -2.21. The molecule has 1 aliphatic heterocycles. The molecule has 0 saturated carbocycles. The van der Waals surface area contributed by atoms with Gasteiger partial charge in [-0.15, -0.1) is 0 Å². The Morgan fingerprint density at radius 3 is 2.69 bits per heavy atom. The molecule has 0 radical (unpaired) electrons. The SMILES string of the molecule is CC(=O)N(CCC(=O)Nc1ccc(F)c(Cl)c1)c1ccc2c(c1)OCO2. The number of nitrogens with zero attached hydrogens (tertiary/aromatic N) is 1. The van der Waals surface area contributed by atoms with Gasteiger partial charge in [-0.05, 0) is 30.3 Å². The predicted octanol–water partition coefficient (Wildman–Crippen LogP) is 3.59. The molecule has 0 aromatic heterocycles. The van der Waals surface area contributed by atoms with Crippen molar-refractivity contribution in [3.63, 3.8) is 0 Å². The molecule has 0 spiro atoms. The first kappa shape index (κ1) is 18.0. The lowest BCUT2D eigenvalue weighted by Crippen LogP contribution is -2.31. The molecule has 3 rings (SSSR count). The summed E-state index contributed by atoms with van der Waals surface area (Å²) in [4.78, 5) is 25.6. The summed E-state index contributed by atoms with van der Waals surface area (Å²) in [6.07, 6.45) is 0.0585. The van der Waals surface area contributed by atoms with Crippen molar-refractivity contribution in [1.82, 2.24) is 0 Å². The van der Waals surface area contributed by atoms with Gasteiger partial charge in [0.25, 0.3) is 0 Å². The van der Waals surface area contributed by atoms with Crippen molar-refractivity contribution in [2.24, 2.45) is 0 Å². The van der Waals surface area contributed by atoms with Crippen molar-refractivity contribution < 1.29 is 23.5 Å². The first-order valence-corrected chi connectivity index (χ1v) is 8.24. The van der Waals surface area contributed by atoms with Gasteiger partial charge < -0.3 is 19.7 Å². The molecule has 1 heterocycles. The molecule has 2 aromatic rings. The van der Waals surface area contributed by atoms with Crippen molar-refractivity contribution in [1.29, 1.82) is 0 Å². The fourth-order valence-electron chi connectivity index (χ4n) is 2.53. The number of amides is 2. The van der Waals surface area contributed by atoms with Crippen LogP contribution in [0.5, 0.6) is 11.5 Å². The van der Waals surface area contributed by atoms with Crippen LogP contribution in [0.25, 0.3) is 0 Å². The number of rotatable bonds is 5. The second-order valence-electron chi connectivity index (χ2n) is 5.64. The Bertz CT molecular complexity index is 859. The second kappa shape index (κ2) is 7.61. The van der Waals surface area contributed by atoms with E-state index in [-0.39, 0.29) is 36.6 Å². The van der Waals surface area contributed by atoms with E-state index in [1.807, 2.05) is 0 Å². The maximum atomic E-state index is 13.2. The molecule has 0 unspecified atom stereocenters. The number of anilines is 2. The summed E-state index contributed by atoms with van der Waals surface area (Å²) in [7, 11) is 0. The zero-order valence-corrected chi connectivity index (χ0v) is 14.7. The van der Waals surface area contributed by atoms with Crippen LogP contribution in [-0.4, -0.2) is 25.2 Å². The topological polar surface area (TPSA) is 67.9 Å². The fraction of sp³-hybridized carbons (Fsp3) is 0.222. The fourth-order valence-corrected chi connectivity index (χ4v) is 2.71. The lowest BCUT2D eigenvalue weighted by molar-refractivity contribution is -0.117. The third-order valence-electron chi connectivity index (χ3n) is 3.81. The van der Waals surface area contributed by atoms with E-state index in [0.29, 0.717) is 22.9 Å². The predicted molar refractivity (Wildman–Crippen MR) is 95.2 cm³/mol. The van der Waals surface area contributed by atoms with Gasteiger partial charge in [-0.3, -0.25) is 9.59 Å². The normalized spacial score (nSPS) is 12.0. The maximum Gasteiger partial charge on any atom is 0.231 e. The number of hydrogen-bond acceptors (Lipinski definition) is 4. The summed E-state index contributed by atoms with van der Waals surface area (Å²) in [6, 6.07) is 9.06. The number of hydrogen-bond donors (Lipinski definition) is 1. The zero-order valence-electron chi connectivity index (χ0n) is 13.9. The zero-order chi connectivity index (χ0) is 18.7. The van der Waals surface area contributed by atoms with Crippen molar-refractivity contribution >= 4 is 34.8 Å². The van der Waals surface area contributed by atoms with Crippen LogP contribution in [0.4, 0.5) is 15.8 Å². The van der Waals surface area contributed by atoms with E-state index < -0.39 is 5.82 Å². The number of nitrogens with one attached hydrogen (secondary N) is 1. The van der Waals surface area contributed by atoms with E-state index in [4.69, 9.17) is 21.1 Å². The summed E-state index contributed by atoms with van der Waals surface area (Å²) in [5.41, 5.74) is 0.998. The number of carbonyl (C=O) groups is 2. The summed E-state index contributed by atoms with van der Waals surface area (Å²) < 4.78 is 23.7. The average molecular weight is 379 g/mol. The summed E-state index contributed by atoms with van der Waals surface area (Å²) in [5, 5.41) is 2.55. The van der Waals surface area contributed by atoms with Crippen LogP contribution >= 0.6 is 11.6 Å². The number of halogens is 2. The molecular weight excluding hydrogens is 363 g/mol. The first-order chi connectivity index (χ1) is 12.4. The van der Waals surface area contributed by atoms with Gasteiger partial charge in [0.2, 0.25) is 18.6 Å². The highest BCUT2D eigenvalue weighted by Crippen LogP contribution is 2.35. The van der Waals surface area contributed by atoms with Gasteiger partial charge in [-0.2, -0.15) is 0 Å². The minimum atomic E-state index is -0.560. The third-order valence-corrected chi connectivity index (χ3v) is 4.10. The maximum absolute atomic E-state index is 13.2. The molecule has 0 atom stereocenters. The highest BCUT2D eigenvalue weighted by atomic mass is 35.5. The van der Waals surface area contributed by atoms with Gasteiger partial charge in [0, 0.05) is 37.3 Å². The van der Waals surface area contributed by atoms with Crippen LogP contribution in [0.2, 0.25) is 5.02 Å². The molecule has 0 aliphatic carbocycles. The Kier molecular flexibility index (Phi) is 5.27. The molecule has 0 fully saturated rings. The molecule has 1 aliphatic rings. The van der Waals surface area contributed by atoms with E-state index in [1.54, 1.807) is 18.2 Å². The lowest BCUT2D eigenvalue weighted by atomic mass is 10.2. The Morgan fingerprint density at radius 1 is 1.19 bits per heavy atom. The van der Waals surface area contributed by atoms with E-state index in [1.165, 1.54) is 30.0 Å². The molecule has 136 valence electrons. The van der Waals surface area contributed by atoms with E-state index >= 15 is 0 Å². The van der Waals surface area contributed by atoms with Crippen LogP contribution in [0.15, 0.2) is 36.4 Å². The van der Waals surface area contributed by atoms with Crippen LogP contribution in [0.3, 0.4) is 0 Å². The summed E-state index contributed by atoms with van der Waals surface area (Å²) >= 11 is 5.69. The van der Waals surface area contributed by atoms with Crippen LogP contribution < -0.4 is 19.7 Å². The monoisotopic (exact) mass is 378 g/mol. The Balaban J connectivity index is 1.64. The van der Waals surface area contributed by atoms with Gasteiger partial charge >= 0.3 is 0 Å². The number of fused-ring (bicyclic) bond motifs is 1. The first-order valence-electron chi connectivity index (χ1n) is 7.86. The van der Waals surface area contributed by atoms with Crippen molar-refractivity contribution in [2.75, 3.05) is 23.6 Å². The minimum Gasteiger partial charge on any atom is -0.454 e. The van der Waals surface area contributed by atoms with Crippen molar-refractivity contribution in [3.05, 3.63) is 47.2 Å². The quantitative estimate of drug-likeness (QED) is 0.863. The summed E-state index contributed by atoms with van der Waals surface area (Å²) in [5.74, 6) is 0.0822. The van der Waals surface area contributed by atoms with E-state index in [0.717, 1.165) is 0 Å². The van der Waals surface area contributed by atoms with Crippen LogP contribution in [0.1, 0.15) is 13.3 Å². The largest absolute Gasteiger partial charge is 0.454 e. The molecule has 2 aromatic carbocycles. The molecular formula is C18H16ClFN2O4. The van der Waals surface area contributed by atoms with Crippen LogP contribution in [-0.2, 0) is 9.59 Å². The van der Waals surface area contributed by atoms with Gasteiger partial charge in [-0.25, -0.2) is 4.39 Å². The average Bonchev–Trinajstić information content (AvgIpc) is 3.06. The number of benzene rings is 2. The number of carbonyl (C=O) groups excluding carboxylic acids is 2. The van der Waals surface area contributed by atoms with Crippen LogP contribution in [0, 0.1) is 5.82 Å². The standard InChI is InChI=1S/C18H16ClFN2O4/c1-11(23)22(13-3-5-16-17(9-13)26-10-25-16)7-6-18(24)21-12-2-4-15(20)14(19)8-12/h2-5,8-9H,6-7,10H2,1H3,(H,21,24). The molecule has 0 saturated heterocycles. The number of ether oxygens (including phenoxy) is 2. The molecule has 1 N–H and O–H groups in total. The van der Waals surface area contributed by atoms with Gasteiger partial charge in [-0.1, -0.05) is 11.6 Å². The Labute approximate surface area is 154 Å². The van der Waals surface area contributed by atoms with E-state index in [2.05, 4.69) is 5.32 Å². The van der Waals surface area contributed by atoms with Gasteiger partial charge in [0.15, 0.2) is 11.5 Å².